The van der Waals surface area contributed by atoms with Crippen molar-refractivity contribution in [2.75, 3.05) is 32.7 Å². The van der Waals surface area contributed by atoms with Crippen molar-refractivity contribution in [3.05, 3.63) is 0 Å². The van der Waals surface area contributed by atoms with Gasteiger partial charge in [-0.1, -0.05) is 27.2 Å². The van der Waals surface area contributed by atoms with E-state index < -0.39 is 0 Å². The second kappa shape index (κ2) is 13.2. The number of piperidine rings is 1. The molecular weight excluding hydrogens is 548 g/mol. The van der Waals surface area contributed by atoms with Crippen LogP contribution < -0.4 is 0 Å². The molecule has 0 amide bonds. The average molecular weight is 614 g/mol. The standard InChI is InChI=1S/C38H65N2O4/c1-6-15-35(42)44-36-33(40(7-2)22-13-8-9-14-23-40)25-31-29-17-16-28-24-34(43-27(3)41)32(39-20-11-10-12-21-39)26-38(28,5)30(29)18-19-37(31,36)4/h28-34,36H,6-26H2,1-5H3/q+1/t28?,29-,30-,31+,32?,33?,34?,36?,37+,38+/m1/s1. The van der Waals surface area contributed by atoms with Crippen molar-refractivity contribution in [2.24, 2.45) is 34.5 Å². The van der Waals surface area contributed by atoms with Gasteiger partial charge in [0.05, 0.1) is 19.6 Å². The Morgan fingerprint density at radius 3 is 2.20 bits per heavy atom. The zero-order valence-corrected chi connectivity index (χ0v) is 29.0. The molecule has 6 heteroatoms. The van der Waals surface area contributed by atoms with E-state index in [1.165, 1.54) is 101 Å². The number of likely N-dealkylation sites (tertiary alicyclic amines) is 2. The number of carbonyl (C=O) groups excluding carboxylic acids is 2. The lowest BCUT2D eigenvalue weighted by atomic mass is 9.44. The highest BCUT2D eigenvalue weighted by Crippen LogP contribution is 2.68. The molecule has 0 bridgehead atoms. The summed E-state index contributed by atoms with van der Waals surface area (Å²) in [5.41, 5.74) is 0.363. The summed E-state index contributed by atoms with van der Waals surface area (Å²) in [5, 5.41) is 0. The molecule has 6 aliphatic rings. The molecule has 0 aromatic carbocycles. The van der Waals surface area contributed by atoms with Crippen LogP contribution in [0.4, 0.5) is 0 Å². The molecule has 6 fully saturated rings. The summed E-state index contributed by atoms with van der Waals surface area (Å²) in [7, 11) is 0. The van der Waals surface area contributed by atoms with Crippen LogP contribution in [-0.4, -0.2) is 78.3 Å². The monoisotopic (exact) mass is 613 g/mol. The molecule has 4 aliphatic carbocycles. The molecule has 0 N–H and O–H groups in total. The Kier molecular flexibility index (Phi) is 9.81. The number of nitrogens with zero attached hydrogens (tertiary/aromatic N) is 2. The largest absolute Gasteiger partial charge is 0.461 e. The summed E-state index contributed by atoms with van der Waals surface area (Å²) in [6.07, 6.45) is 19.2. The minimum Gasteiger partial charge on any atom is -0.461 e. The van der Waals surface area contributed by atoms with Crippen LogP contribution in [0.15, 0.2) is 0 Å². The summed E-state index contributed by atoms with van der Waals surface area (Å²) in [5.74, 6) is 2.63. The zero-order valence-electron chi connectivity index (χ0n) is 29.0. The van der Waals surface area contributed by atoms with Crippen molar-refractivity contribution in [1.82, 2.24) is 4.90 Å². The Morgan fingerprint density at radius 1 is 0.841 bits per heavy atom. The van der Waals surface area contributed by atoms with Gasteiger partial charge in [0.1, 0.15) is 12.1 Å². The Hall–Kier alpha value is -1.14. The maximum Gasteiger partial charge on any atom is 0.306 e. The molecule has 2 aliphatic heterocycles. The van der Waals surface area contributed by atoms with Crippen LogP contribution in [0.25, 0.3) is 0 Å². The van der Waals surface area contributed by atoms with Gasteiger partial charge >= 0.3 is 11.9 Å². The lowest BCUT2D eigenvalue weighted by Crippen LogP contribution is -2.62. The van der Waals surface area contributed by atoms with Crippen LogP contribution in [0, 0.1) is 34.5 Å². The second-order valence-electron chi connectivity index (χ2n) is 16.8. The van der Waals surface area contributed by atoms with Crippen molar-refractivity contribution in [3.8, 4) is 0 Å². The topological polar surface area (TPSA) is 55.8 Å². The Labute approximate surface area is 268 Å². The predicted molar refractivity (Wildman–Crippen MR) is 175 cm³/mol. The molecule has 0 spiro atoms. The van der Waals surface area contributed by atoms with Gasteiger partial charge in [-0.2, -0.15) is 0 Å². The molecule has 0 radical (unpaired) electrons. The molecule has 0 aromatic rings. The molecule has 2 saturated heterocycles. The highest BCUT2D eigenvalue weighted by atomic mass is 16.5. The van der Waals surface area contributed by atoms with Crippen LogP contribution in [-0.2, 0) is 19.1 Å². The van der Waals surface area contributed by atoms with Gasteiger partial charge in [0.15, 0.2) is 6.10 Å². The molecule has 6 nitrogen and oxygen atoms in total. The molecule has 0 aromatic heterocycles. The van der Waals surface area contributed by atoms with Gasteiger partial charge in [-0.05, 0) is 133 Å². The quantitative estimate of drug-likeness (QED) is 0.220. The van der Waals surface area contributed by atoms with Gasteiger partial charge < -0.3 is 14.0 Å². The number of hydrogen-bond donors (Lipinski definition) is 0. The van der Waals surface area contributed by atoms with Crippen molar-refractivity contribution in [2.45, 2.75) is 162 Å². The van der Waals surface area contributed by atoms with E-state index in [2.05, 4.69) is 32.6 Å². The first kappa shape index (κ1) is 32.8. The lowest BCUT2D eigenvalue weighted by molar-refractivity contribution is -0.951. The van der Waals surface area contributed by atoms with Crippen molar-refractivity contribution in [3.63, 3.8) is 0 Å². The predicted octanol–water partition coefficient (Wildman–Crippen LogP) is 7.53. The van der Waals surface area contributed by atoms with Crippen LogP contribution in [0.2, 0.25) is 0 Å². The average Bonchev–Trinajstić information content (AvgIpc) is 3.14. The van der Waals surface area contributed by atoms with Crippen LogP contribution in [0.5, 0.6) is 0 Å². The lowest BCUT2D eigenvalue weighted by Gasteiger charge is -2.62. The first-order chi connectivity index (χ1) is 21.1. The minimum absolute atomic E-state index is 0.0411. The van der Waals surface area contributed by atoms with Crippen LogP contribution in [0.3, 0.4) is 0 Å². The number of esters is 2. The van der Waals surface area contributed by atoms with E-state index in [1.54, 1.807) is 6.92 Å². The van der Waals surface area contributed by atoms with Crippen molar-refractivity contribution < 1.29 is 23.5 Å². The van der Waals surface area contributed by atoms with Crippen LogP contribution >= 0.6 is 0 Å². The van der Waals surface area contributed by atoms with Gasteiger partial charge in [0.25, 0.3) is 0 Å². The van der Waals surface area contributed by atoms with Gasteiger partial charge in [-0.15, -0.1) is 0 Å². The second-order valence-corrected chi connectivity index (χ2v) is 16.8. The maximum absolute atomic E-state index is 13.3. The normalized spacial score (nSPS) is 44.0. The van der Waals surface area contributed by atoms with E-state index in [-0.39, 0.29) is 35.0 Å². The van der Waals surface area contributed by atoms with E-state index in [1.807, 2.05) is 0 Å². The van der Waals surface area contributed by atoms with E-state index in [9.17, 15) is 9.59 Å². The molecule has 5 unspecified atom stereocenters. The third kappa shape index (κ3) is 5.79. The summed E-state index contributed by atoms with van der Waals surface area (Å²) < 4.78 is 14.0. The summed E-state index contributed by atoms with van der Waals surface area (Å²) >= 11 is 0. The van der Waals surface area contributed by atoms with Gasteiger partial charge in [-0.25, -0.2) is 0 Å². The van der Waals surface area contributed by atoms with Crippen LogP contribution in [0.1, 0.15) is 137 Å². The summed E-state index contributed by atoms with van der Waals surface area (Å²) in [6.45, 7) is 17.3. The highest BCUT2D eigenvalue weighted by Gasteiger charge is 2.67. The molecule has 10 atom stereocenters. The number of fused-ring (bicyclic) bond motifs is 5. The smallest absolute Gasteiger partial charge is 0.306 e. The first-order valence-corrected chi connectivity index (χ1v) is 19.1. The minimum atomic E-state index is -0.107. The Bertz CT molecular complexity index is 1020. The fourth-order valence-electron chi connectivity index (χ4n) is 12.5. The number of hydrogen-bond acceptors (Lipinski definition) is 5. The number of quaternary nitrogens is 1. The highest BCUT2D eigenvalue weighted by molar-refractivity contribution is 5.69. The molecule has 44 heavy (non-hydrogen) atoms. The fourth-order valence-corrected chi connectivity index (χ4v) is 12.5. The molecule has 250 valence electrons. The Morgan fingerprint density at radius 2 is 1.55 bits per heavy atom. The summed E-state index contributed by atoms with van der Waals surface area (Å²) in [4.78, 5) is 28.2. The van der Waals surface area contributed by atoms with Crippen molar-refractivity contribution >= 4 is 11.9 Å². The first-order valence-electron chi connectivity index (χ1n) is 19.1. The molecular formula is C38H65N2O4+. The molecule has 2 heterocycles. The van der Waals surface area contributed by atoms with E-state index in [0.29, 0.717) is 36.3 Å². The van der Waals surface area contributed by atoms with E-state index in [4.69, 9.17) is 9.47 Å². The molecule has 6 rings (SSSR count). The maximum atomic E-state index is 13.3. The molecule has 4 saturated carbocycles. The number of ether oxygens (including phenoxy) is 2. The number of carbonyl (C=O) groups is 2. The van der Waals surface area contributed by atoms with Gasteiger partial charge in [-0.3, -0.25) is 14.5 Å². The number of likely N-dealkylation sites (N-methyl/N-ethyl adjacent to an activating group) is 1. The fraction of sp³-hybridized carbons (Fsp3) is 0.947. The van der Waals surface area contributed by atoms with Gasteiger partial charge in [0, 0.05) is 31.2 Å². The Balaban J connectivity index is 1.30. The van der Waals surface area contributed by atoms with Gasteiger partial charge in [0.2, 0.25) is 0 Å². The SMILES string of the molecule is CCCC(=O)OC1C([N+]2(CC)CCCCCC2)C[C@H]2[C@@H]3CCC4CC(OC(C)=O)C(N5CCCCC5)C[C@]4(C)[C@@H]3CC[C@]12C. The third-order valence-electron chi connectivity index (χ3n) is 14.8. The van der Waals surface area contributed by atoms with Crippen molar-refractivity contribution in [1.29, 1.82) is 0 Å². The van der Waals surface area contributed by atoms with E-state index in [0.717, 1.165) is 38.4 Å². The third-order valence-corrected chi connectivity index (χ3v) is 14.8. The zero-order chi connectivity index (χ0) is 31.1. The number of rotatable bonds is 7. The summed E-state index contributed by atoms with van der Waals surface area (Å²) in [6, 6.07) is 0.802. The van der Waals surface area contributed by atoms with E-state index >= 15 is 0 Å².